The van der Waals surface area contributed by atoms with Crippen molar-refractivity contribution < 1.29 is 0 Å². The first-order valence-corrected chi connectivity index (χ1v) is 16.2. The lowest BCUT2D eigenvalue weighted by Crippen LogP contribution is -2.01. The van der Waals surface area contributed by atoms with Gasteiger partial charge in [-0.2, -0.15) is 0 Å². The van der Waals surface area contributed by atoms with Gasteiger partial charge in [-0.05, 0) is 60.6 Å². The highest BCUT2D eigenvalue weighted by molar-refractivity contribution is 6.25. The van der Waals surface area contributed by atoms with Gasteiger partial charge in [0.25, 0.3) is 0 Å². The lowest BCUT2D eigenvalue weighted by Gasteiger charge is -2.13. The second-order valence-electron chi connectivity index (χ2n) is 12.2. The SMILES string of the molecule is c1ccc(-c2nc(-c3ccc4c5ccccc5c5ccccc5c4c3)nc(-c3ccc4ccc5ccc6ccccc6c5c4n3)n2)cc1. The van der Waals surface area contributed by atoms with Crippen molar-refractivity contribution in [3.8, 4) is 34.3 Å². The molecule has 10 aromatic rings. The molecule has 2 aromatic heterocycles. The summed E-state index contributed by atoms with van der Waals surface area (Å²) < 4.78 is 0. The molecule has 4 nitrogen and oxygen atoms in total. The van der Waals surface area contributed by atoms with Gasteiger partial charge in [0.05, 0.1) is 5.52 Å². The van der Waals surface area contributed by atoms with Crippen molar-refractivity contribution in [2.75, 3.05) is 0 Å². The molecule has 0 unspecified atom stereocenters. The molecule has 0 radical (unpaired) electrons. The highest BCUT2D eigenvalue weighted by Crippen LogP contribution is 2.37. The van der Waals surface area contributed by atoms with Gasteiger partial charge in [0.1, 0.15) is 5.69 Å². The monoisotopic (exact) mass is 610 g/mol. The summed E-state index contributed by atoms with van der Waals surface area (Å²) in [5, 5.41) is 13.1. The van der Waals surface area contributed by atoms with Crippen molar-refractivity contribution in [2.45, 2.75) is 0 Å². The summed E-state index contributed by atoms with van der Waals surface area (Å²) in [6.07, 6.45) is 0. The van der Waals surface area contributed by atoms with E-state index in [1.807, 2.05) is 36.4 Å². The highest BCUT2D eigenvalue weighted by atomic mass is 15.0. The Labute approximate surface area is 276 Å². The predicted octanol–water partition coefficient (Wildman–Crippen LogP) is 11.2. The van der Waals surface area contributed by atoms with Crippen LogP contribution in [-0.2, 0) is 0 Å². The number of rotatable bonds is 3. The van der Waals surface area contributed by atoms with Crippen LogP contribution in [0.15, 0.2) is 158 Å². The normalized spacial score (nSPS) is 11.8. The van der Waals surface area contributed by atoms with Gasteiger partial charge in [-0.25, -0.2) is 19.9 Å². The maximum atomic E-state index is 5.27. The summed E-state index contributed by atoms with van der Waals surface area (Å²) in [6.45, 7) is 0. The standard InChI is InChI=1S/C44H26N4/c1-2-11-30(12-3-1)42-46-43(31-22-24-37-35-16-7-6-14-33(35)34-15-8-9-17-36(34)38(37)26-31)48-44(47-42)39-25-23-29-21-20-28-19-18-27-10-4-5-13-32(27)40(28)41(29)45-39/h1-26H. The summed E-state index contributed by atoms with van der Waals surface area (Å²) in [5.41, 5.74) is 3.51. The molecule has 0 atom stereocenters. The fourth-order valence-electron chi connectivity index (χ4n) is 7.18. The zero-order chi connectivity index (χ0) is 31.6. The molecule has 0 fully saturated rings. The number of nitrogens with zero attached hydrogens (tertiary/aromatic N) is 4. The summed E-state index contributed by atoms with van der Waals surface area (Å²) in [7, 11) is 0. The first kappa shape index (κ1) is 26.7. The Balaban J connectivity index is 1.23. The smallest absolute Gasteiger partial charge is 0.182 e. The molecule has 0 aliphatic heterocycles. The van der Waals surface area contributed by atoms with Crippen molar-refractivity contribution in [1.82, 2.24) is 19.9 Å². The third kappa shape index (κ3) is 4.16. The third-order valence-corrected chi connectivity index (χ3v) is 9.47. The Morgan fingerprint density at radius 3 is 1.54 bits per heavy atom. The average Bonchev–Trinajstić information content (AvgIpc) is 3.17. The van der Waals surface area contributed by atoms with Crippen LogP contribution in [0.25, 0.3) is 99.1 Å². The largest absolute Gasteiger partial charge is 0.244 e. The molecular weight excluding hydrogens is 585 g/mol. The fraction of sp³-hybridized carbons (Fsp3) is 0. The van der Waals surface area contributed by atoms with Crippen LogP contribution in [0.4, 0.5) is 0 Å². The van der Waals surface area contributed by atoms with E-state index in [-0.39, 0.29) is 0 Å². The third-order valence-electron chi connectivity index (χ3n) is 9.47. The Morgan fingerprint density at radius 2 is 0.812 bits per heavy atom. The maximum absolute atomic E-state index is 5.27. The zero-order valence-corrected chi connectivity index (χ0v) is 25.8. The summed E-state index contributed by atoms with van der Waals surface area (Å²) >= 11 is 0. The van der Waals surface area contributed by atoms with E-state index >= 15 is 0 Å². The number of pyridine rings is 1. The molecule has 0 saturated heterocycles. The van der Waals surface area contributed by atoms with E-state index in [0.29, 0.717) is 23.2 Å². The van der Waals surface area contributed by atoms with E-state index in [4.69, 9.17) is 19.9 Å². The predicted molar refractivity (Wildman–Crippen MR) is 199 cm³/mol. The Hall–Kier alpha value is -6.52. The molecule has 0 saturated carbocycles. The van der Waals surface area contributed by atoms with E-state index in [1.54, 1.807) is 0 Å². The molecule has 8 aromatic carbocycles. The highest BCUT2D eigenvalue weighted by Gasteiger charge is 2.16. The topological polar surface area (TPSA) is 51.6 Å². The molecule has 10 rings (SSSR count). The molecule has 0 aliphatic rings. The van der Waals surface area contributed by atoms with Crippen molar-refractivity contribution in [1.29, 1.82) is 0 Å². The molecule has 0 amide bonds. The van der Waals surface area contributed by atoms with Gasteiger partial charge in [0, 0.05) is 21.9 Å². The average molecular weight is 611 g/mol. The fourth-order valence-corrected chi connectivity index (χ4v) is 7.18. The Kier molecular flexibility index (Phi) is 5.84. The van der Waals surface area contributed by atoms with Crippen LogP contribution in [-0.4, -0.2) is 19.9 Å². The van der Waals surface area contributed by atoms with Gasteiger partial charge in [-0.15, -0.1) is 0 Å². The molecule has 0 aliphatic carbocycles. The molecule has 0 N–H and O–H groups in total. The Morgan fingerprint density at radius 1 is 0.292 bits per heavy atom. The Bertz CT molecular complexity index is 2820. The van der Waals surface area contributed by atoms with Crippen LogP contribution in [0.3, 0.4) is 0 Å². The maximum Gasteiger partial charge on any atom is 0.182 e. The van der Waals surface area contributed by atoms with E-state index in [1.165, 1.54) is 43.1 Å². The first-order valence-electron chi connectivity index (χ1n) is 16.2. The van der Waals surface area contributed by atoms with Crippen molar-refractivity contribution in [3.05, 3.63) is 158 Å². The van der Waals surface area contributed by atoms with Crippen LogP contribution >= 0.6 is 0 Å². The second kappa shape index (κ2) is 10.5. The van der Waals surface area contributed by atoms with Crippen molar-refractivity contribution >= 4 is 64.8 Å². The summed E-state index contributed by atoms with van der Waals surface area (Å²) in [5.74, 6) is 1.77. The quantitative estimate of drug-likeness (QED) is 0.187. The van der Waals surface area contributed by atoms with Crippen LogP contribution in [0.2, 0.25) is 0 Å². The van der Waals surface area contributed by atoms with Crippen LogP contribution < -0.4 is 0 Å². The van der Waals surface area contributed by atoms with Crippen LogP contribution in [0, 0.1) is 0 Å². The molecule has 222 valence electrons. The summed E-state index contributed by atoms with van der Waals surface area (Å²) in [4.78, 5) is 20.4. The molecule has 48 heavy (non-hydrogen) atoms. The molecule has 0 spiro atoms. The minimum atomic E-state index is 0.543. The summed E-state index contributed by atoms with van der Waals surface area (Å²) in [6, 6.07) is 55.2. The van der Waals surface area contributed by atoms with Gasteiger partial charge < -0.3 is 0 Å². The first-order chi connectivity index (χ1) is 23.8. The number of benzene rings is 8. The van der Waals surface area contributed by atoms with Crippen LogP contribution in [0.5, 0.6) is 0 Å². The van der Waals surface area contributed by atoms with Gasteiger partial charge in [-0.3, -0.25) is 0 Å². The van der Waals surface area contributed by atoms with E-state index < -0.39 is 0 Å². The van der Waals surface area contributed by atoms with E-state index in [0.717, 1.165) is 32.8 Å². The minimum Gasteiger partial charge on any atom is -0.244 e. The minimum absolute atomic E-state index is 0.543. The second-order valence-corrected chi connectivity index (χ2v) is 12.2. The van der Waals surface area contributed by atoms with Crippen molar-refractivity contribution in [3.63, 3.8) is 0 Å². The molecule has 4 heteroatoms. The molecule has 2 heterocycles. The van der Waals surface area contributed by atoms with Gasteiger partial charge in [0.2, 0.25) is 0 Å². The number of hydrogen-bond donors (Lipinski definition) is 0. The molecule has 0 bridgehead atoms. The zero-order valence-electron chi connectivity index (χ0n) is 25.8. The van der Waals surface area contributed by atoms with Gasteiger partial charge >= 0.3 is 0 Å². The number of hydrogen-bond acceptors (Lipinski definition) is 4. The van der Waals surface area contributed by atoms with E-state index in [9.17, 15) is 0 Å². The number of fused-ring (bicyclic) bond motifs is 11. The molecular formula is C44H26N4. The lowest BCUT2D eigenvalue weighted by molar-refractivity contribution is 1.06. The van der Waals surface area contributed by atoms with Gasteiger partial charge in [-0.1, -0.05) is 146 Å². The van der Waals surface area contributed by atoms with Gasteiger partial charge in [0.15, 0.2) is 17.5 Å². The van der Waals surface area contributed by atoms with Crippen molar-refractivity contribution in [2.24, 2.45) is 0 Å². The number of aromatic nitrogens is 4. The van der Waals surface area contributed by atoms with Crippen LogP contribution in [0.1, 0.15) is 0 Å². The lowest BCUT2D eigenvalue weighted by atomic mass is 9.93. The van der Waals surface area contributed by atoms with E-state index in [2.05, 4.69) is 121 Å².